The Morgan fingerprint density at radius 2 is 1.64 bits per heavy atom. The predicted molar refractivity (Wildman–Crippen MR) is 139 cm³/mol. The highest BCUT2D eigenvalue weighted by atomic mass is 19.2. The Morgan fingerprint density at radius 3 is 2.19 bits per heavy atom. The average molecular weight is 501 g/mol. The van der Waals surface area contributed by atoms with Gasteiger partial charge in [0.2, 0.25) is 0 Å². The lowest BCUT2D eigenvalue weighted by Gasteiger charge is -2.26. The van der Waals surface area contributed by atoms with Crippen LogP contribution in [-0.4, -0.2) is 18.3 Å². The summed E-state index contributed by atoms with van der Waals surface area (Å²) in [5.74, 6) is -2.47. The largest absolute Gasteiger partial charge is 0.494 e. The number of benzene rings is 2. The van der Waals surface area contributed by atoms with Crippen molar-refractivity contribution in [1.29, 1.82) is 0 Å². The Hall–Kier alpha value is -3.25. The van der Waals surface area contributed by atoms with Gasteiger partial charge in [-0.25, -0.2) is 13.2 Å². The molecule has 0 amide bonds. The Morgan fingerprint density at radius 1 is 1.03 bits per heavy atom. The molecule has 36 heavy (non-hydrogen) atoms. The highest BCUT2D eigenvalue weighted by molar-refractivity contribution is 5.65. The van der Waals surface area contributed by atoms with Crippen molar-refractivity contribution >= 4 is 0 Å². The van der Waals surface area contributed by atoms with Crippen LogP contribution in [0.2, 0.25) is 0 Å². The van der Waals surface area contributed by atoms with E-state index in [9.17, 15) is 18.3 Å². The molecule has 1 saturated carbocycles. The van der Waals surface area contributed by atoms with Gasteiger partial charge in [-0.3, -0.25) is 0 Å². The van der Waals surface area contributed by atoms with Gasteiger partial charge in [0.25, 0.3) is 0 Å². The Kier molecular flexibility index (Phi) is 11.5. The number of aliphatic hydroxyl groups is 1. The molecule has 2 aromatic rings. The third-order valence-electron chi connectivity index (χ3n) is 6.03. The van der Waals surface area contributed by atoms with Crippen molar-refractivity contribution in [3.63, 3.8) is 0 Å². The minimum atomic E-state index is -0.870. The third-order valence-corrected chi connectivity index (χ3v) is 6.03. The fraction of sp³-hybridized carbons (Fsp3) is 0.333. The van der Waals surface area contributed by atoms with Crippen LogP contribution >= 0.6 is 0 Å². The van der Waals surface area contributed by atoms with Crippen LogP contribution < -0.4 is 0 Å². The minimum Gasteiger partial charge on any atom is -0.494 e. The van der Waals surface area contributed by atoms with Crippen LogP contribution in [0.1, 0.15) is 56.1 Å². The zero-order valence-electron chi connectivity index (χ0n) is 21.0. The molecule has 0 heterocycles. The molecule has 3 rings (SSSR count). The number of aliphatic hydroxyl groups excluding tert-OH is 1. The molecule has 0 aliphatic heterocycles. The van der Waals surface area contributed by atoms with E-state index in [2.05, 4.69) is 26.7 Å². The highest BCUT2D eigenvalue weighted by Crippen LogP contribution is 2.37. The number of hydrogen-bond donors (Lipinski definition) is 1. The van der Waals surface area contributed by atoms with Crippen molar-refractivity contribution in [3.8, 4) is 11.1 Å². The van der Waals surface area contributed by atoms with Crippen molar-refractivity contribution in [2.75, 3.05) is 7.11 Å². The van der Waals surface area contributed by atoms with Gasteiger partial charge >= 0.3 is 0 Å². The molecule has 1 N–H and O–H groups in total. The van der Waals surface area contributed by atoms with E-state index in [1.807, 2.05) is 6.08 Å². The maximum Gasteiger partial charge on any atom is 0.168 e. The van der Waals surface area contributed by atoms with Gasteiger partial charge in [0.15, 0.2) is 17.5 Å². The normalized spacial score (nSPS) is 17.4. The van der Waals surface area contributed by atoms with Crippen molar-refractivity contribution < 1.29 is 27.8 Å². The second-order valence-electron chi connectivity index (χ2n) is 8.60. The predicted octanol–water partition coefficient (Wildman–Crippen LogP) is 8.28. The second-order valence-corrected chi connectivity index (χ2v) is 8.60. The monoisotopic (exact) mass is 500 g/mol. The van der Waals surface area contributed by atoms with Gasteiger partial charge in [-0.2, -0.15) is 0 Å². The van der Waals surface area contributed by atoms with Gasteiger partial charge < -0.3 is 14.6 Å². The van der Waals surface area contributed by atoms with Crippen molar-refractivity contribution in [1.82, 2.24) is 0 Å². The number of hydrogen-bond acceptors (Lipinski definition) is 3. The molecular formula is C30H35F3O3. The Balaban J connectivity index is 0.00000106. The van der Waals surface area contributed by atoms with Gasteiger partial charge in [-0.15, -0.1) is 6.58 Å². The summed E-state index contributed by atoms with van der Waals surface area (Å²) >= 11 is 0. The molecule has 0 spiro atoms. The molecule has 2 aromatic carbocycles. The molecule has 6 heteroatoms. The SMILES string of the molecule is C=C(/C=C(/F)C(=C)OC)OCc1ccc(-c2ccc(C3CCC(O)CC3)c(F)c2F)cc1.C=CCC. The van der Waals surface area contributed by atoms with Crippen LogP contribution in [0, 0.1) is 11.6 Å². The van der Waals surface area contributed by atoms with E-state index in [1.54, 1.807) is 36.4 Å². The molecule has 0 radical (unpaired) electrons. The van der Waals surface area contributed by atoms with Crippen molar-refractivity contribution in [3.05, 3.63) is 108 Å². The Labute approximate surface area is 212 Å². The maximum atomic E-state index is 14.8. The van der Waals surface area contributed by atoms with E-state index in [-0.39, 0.29) is 35.7 Å². The average Bonchev–Trinajstić information content (AvgIpc) is 2.89. The van der Waals surface area contributed by atoms with Gasteiger partial charge in [-0.1, -0.05) is 62.6 Å². The zero-order chi connectivity index (χ0) is 26.7. The zero-order valence-corrected chi connectivity index (χ0v) is 21.0. The highest BCUT2D eigenvalue weighted by Gasteiger charge is 2.25. The van der Waals surface area contributed by atoms with Gasteiger partial charge in [0.05, 0.1) is 13.2 Å². The summed E-state index contributed by atoms with van der Waals surface area (Å²) in [5, 5.41) is 9.64. The summed E-state index contributed by atoms with van der Waals surface area (Å²) in [6.07, 6.45) is 6.19. The quantitative estimate of drug-likeness (QED) is 0.214. The molecule has 0 bridgehead atoms. The van der Waals surface area contributed by atoms with Crippen LogP contribution in [0.5, 0.6) is 0 Å². The van der Waals surface area contributed by atoms with Crippen LogP contribution in [0.4, 0.5) is 13.2 Å². The number of ether oxygens (including phenoxy) is 2. The number of halogens is 3. The summed E-state index contributed by atoms with van der Waals surface area (Å²) < 4.78 is 53.4. The summed E-state index contributed by atoms with van der Waals surface area (Å²) in [5.41, 5.74) is 1.85. The molecule has 1 aliphatic carbocycles. The summed E-state index contributed by atoms with van der Waals surface area (Å²) in [6, 6.07) is 10.1. The summed E-state index contributed by atoms with van der Waals surface area (Å²) in [4.78, 5) is 0. The van der Waals surface area contributed by atoms with E-state index >= 15 is 0 Å². The lowest BCUT2D eigenvalue weighted by molar-refractivity contribution is 0.122. The molecule has 0 aromatic heterocycles. The standard InChI is InChI=1S/C26H27F3O3.C4H8/c1-16(14-24(27)17(2)31-3)32-15-18-4-6-19(7-5-18)22-12-13-23(26(29)25(22)28)20-8-10-21(30)11-9-20;1-3-4-2/h4-7,12-14,20-21,30H,1-2,8-11,15H2,3H3;3H,1,4H2,2H3/b24-14+;. The first-order chi connectivity index (χ1) is 17.2. The van der Waals surface area contributed by atoms with E-state index in [1.165, 1.54) is 7.11 Å². The van der Waals surface area contributed by atoms with Crippen LogP contribution in [0.25, 0.3) is 11.1 Å². The summed E-state index contributed by atoms with van der Waals surface area (Å²) in [6.45, 7) is 12.7. The first-order valence-corrected chi connectivity index (χ1v) is 12.0. The molecule has 0 atom stereocenters. The molecule has 1 fully saturated rings. The van der Waals surface area contributed by atoms with Crippen LogP contribution in [0.3, 0.4) is 0 Å². The van der Waals surface area contributed by atoms with E-state index in [0.717, 1.165) is 18.1 Å². The molecule has 1 aliphatic rings. The van der Waals surface area contributed by atoms with E-state index in [0.29, 0.717) is 36.8 Å². The second kappa shape index (κ2) is 14.3. The maximum absolute atomic E-state index is 14.8. The van der Waals surface area contributed by atoms with Crippen molar-refractivity contribution in [2.45, 2.75) is 57.7 Å². The Bertz CT molecular complexity index is 1070. The lowest BCUT2D eigenvalue weighted by Crippen LogP contribution is -2.18. The molecule has 0 unspecified atom stereocenters. The minimum absolute atomic E-state index is 0.0745. The van der Waals surface area contributed by atoms with Crippen LogP contribution in [0.15, 0.2) is 85.6 Å². The number of methoxy groups -OCH3 is 1. The van der Waals surface area contributed by atoms with Gasteiger partial charge in [-0.05, 0) is 54.7 Å². The van der Waals surface area contributed by atoms with Gasteiger partial charge in [0, 0.05) is 11.6 Å². The molecule has 3 nitrogen and oxygen atoms in total. The summed E-state index contributed by atoms with van der Waals surface area (Å²) in [7, 11) is 1.31. The van der Waals surface area contributed by atoms with Crippen molar-refractivity contribution in [2.24, 2.45) is 0 Å². The first-order valence-electron chi connectivity index (χ1n) is 12.0. The number of allylic oxidation sites excluding steroid dienone is 3. The van der Waals surface area contributed by atoms with Gasteiger partial charge in [0.1, 0.15) is 18.1 Å². The topological polar surface area (TPSA) is 38.7 Å². The lowest BCUT2D eigenvalue weighted by atomic mass is 9.82. The fourth-order valence-corrected chi connectivity index (χ4v) is 3.81. The fourth-order valence-electron chi connectivity index (χ4n) is 3.81. The van der Waals surface area contributed by atoms with E-state index < -0.39 is 17.5 Å². The molecule has 194 valence electrons. The van der Waals surface area contributed by atoms with E-state index in [4.69, 9.17) is 9.47 Å². The smallest absolute Gasteiger partial charge is 0.168 e. The molecule has 0 saturated heterocycles. The van der Waals surface area contributed by atoms with Crippen LogP contribution in [-0.2, 0) is 16.1 Å². The first kappa shape index (κ1) is 29.0. The number of rotatable bonds is 9. The third kappa shape index (κ3) is 8.16. The molecular weight excluding hydrogens is 465 g/mol.